The normalized spacial score (nSPS) is 15.1. The summed E-state index contributed by atoms with van der Waals surface area (Å²) < 4.78 is 5.33. The lowest BCUT2D eigenvalue weighted by Crippen LogP contribution is -2.87. The maximum absolute atomic E-state index is 12.5. The molecule has 0 saturated carbocycles. The maximum atomic E-state index is 12.5. The minimum absolute atomic E-state index is 0.0489. The number of nitrogens with one attached hydrogen (secondary N) is 1. The van der Waals surface area contributed by atoms with Crippen molar-refractivity contribution in [3.8, 4) is 0 Å². The topological polar surface area (TPSA) is 79.2 Å². The maximum Gasteiger partial charge on any atom is 0.282 e. The summed E-state index contributed by atoms with van der Waals surface area (Å²) in [5, 5.41) is 4.67. The molecule has 1 atom stereocenters. The molecule has 6 heteroatoms. The molecule has 0 radical (unpaired) electrons. The Morgan fingerprint density at radius 3 is 2.95 bits per heavy atom. The van der Waals surface area contributed by atoms with Crippen molar-refractivity contribution in [2.24, 2.45) is 0 Å². The van der Waals surface area contributed by atoms with E-state index in [1.54, 1.807) is 12.3 Å². The molecule has 2 aromatic rings. The zero-order chi connectivity index (χ0) is 15.5. The quantitative estimate of drug-likeness (QED) is 0.880. The van der Waals surface area contributed by atoms with Gasteiger partial charge >= 0.3 is 0 Å². The highest BCUT2D eigenvalue weighted by molar-refractivity contribution is 6.10. The number of furan rings is 1. The standard InChI is InChI=1S/C16H17N3O3/c1-11(14-7-4-8-22-14)17-9-16(21)19-10-15(20)18-12-5-2-3-6-13(12)19/h2-8,11,17H,9-10H2,1H3,(H,18,20)/p+1/t11-/m1/s1. The second-order valence-corrected chi connectivity index (χ2v) is 5.29. The van der Waals surface area contributed by atoms with E-state index in [-0.39, 0.29) is 30.9 Å². The van der Waals surface area contributed by atoms with Crippen molar-refractivity contribution in [1.29, 1.82) is 0 Å². The van der Waals surface area contributed by atoms with Gasteiger partial charge in [0, 0.05) is 0 Å². The number of benzene rings is 1. The molecule has 0 unspecified atom stereocenters. The number of carbonyl (C=O) groups excluding carboxylic acids is 2. The first-order valence-electron chi connectivity index (χ1n) is 7.21. The molecule has 2 heterocycles. The average Bonchev–Trinajstić information content (AvgIpc) is 3.06. The Morgan fingerprint density at radius 2 is 2.18 bits per heavy atom. The summed E-state index contributed by atoms with van der Waals surface area (Å²) in [6.07, 6.45) is 1.62. The second-order valence-electron chi connectivity index (χ2n) is 5.29. The van der Waals surface area contributed by atoms with Crippen LogP contribution in [0, 0.1) is 0 Å². The molecule has 22 heavy (non-hydrogen) atoms. The summed E-state index contributed by atoms with van der Waals surface area (Å²) in [7, 11) is 0. The second kappa shape index (κ2) is 6.03. The number of nitrogens with two attached hydrogens (primary N) is 1. The predicted molar refractivity (Wildman–Crippen MR) is 81.3 cm³/mol. The molecule has 0 fully saturated rings. The van der Waals surface area contributed by atoms with Gasteiger partial charge < -0.3 is 15.1 Å². The number of quaternary nitrogens is 1. The molecule has 3 rings (SSSR count). The molecule has 0 spiro atoms. The van der Waals surface area contributed by atoms with E-state index in [2.05, 4.69) is 5.32 Å². The van der Waals surface area contributed by atoms with Crippen molar-refractivity contribution in [1.82, 2.24) is 0 Å². The minimum Gasteiger partial charge on any atom is -0.463 e. The largest absolute Gasteiger partial charge is 0.463 e. The molecule has 114 valence electrons. The number of carbonyl (C=O) groups is 2. The average molecular weight is 300 g/mol. The van der Waals surface area contributed by atoms with E-state index in [9.17, 15) is 9.59 Å². The minimum atomic E-state index is -0.175. The summed E-state index contributed by atoms with van der Waals surface area (Å²) in [5.41, 5.74) is 1.41. The van der Waals surface area contributed by atoms with Crippen LogP contribution in [0.5, 0.6) is 0 Å². The Morgan fingerprint density at radius 1 is 1.36 bits per heavy atom. The first-order chi connectivity index (χ1) is 10.6. The van der Waals surface area contributed by atoms with Crippen molar-refractivity contribution >= 4 is 23.2 Å². The summed E-state index contributed by atoms with van der Waals surface area (Å²) in [6, 6.07) is 11.1. The van der Waals surface area contributed by atoms with Crippen molar-refractivity contribution in [3.63, 3.8) is 0 Å². The third-order valence-corrected chi connectivity index (χ3v) is 3.71. The monoisotopic (exact) mass is 300 g/mol. The number of amides is 2. The summed E-state index contributed by atoms with van der Waals surface area (Å²) in [6.45, 7) is 2.28. The van der Waals surface area contributed by atoms with Gasteiger partial charge in [-0.25, -0.2) is 0 Å². The van der Waals surface area contributed by atoms with E-state index >= 15 is 0 Å². The van der Waals surface area contributed by atoms with Crippen molar-refractivity contribution in [2.45, 2.75) is 13.0 Å². The Labute approximate surface area is 128 Å². The van der Waals surface area contributed by atoms with E-state index in [1.165, 1.54) is 4.90 Å². The molecule has 0 saturated heterocycles. The summed E-state index contributed by atoms with van der Waals surface area (Å²) >= 11 is 0. The number of fused-ring (bicyclic) bond motifs is 1. The van der Waals surface area contributed by atoms with Crippen LogP contribution >= 0.6 is 0 Å². The Hall–Kier alpha value is -2.60. The molecular weight excluding hydrogens is 282 g/mol. The van der Waals surface area contributed by atoms with Gasteiger partial charge in [-0.05, 0) is 31.2 Å². The van der Waals surface area contributed by atoms with Crippen LogP contribution in [0.1, 0.15) is 18.7 Å². The van der Waals surface area contributed by atoms with Crippen LogP contribution in [0.25, 0.3) is 0 Å². The molecule has 1 aliphatic rings. The fourth-order valence-corrected chi connectivity index (χ4v) is 2.51. The molecule has 0 bridgehead atoms. The highest BCUT2D eigenvalue weighted by Crippen LogP contribution is 2.28. The highest BCUT2D eigenvalue weighted by Gasteiger charge is 2.27. The molecule has 2 amide bonds. The predicted octanol–water partition coefficient (Wildman–Crippen LogP) is 0.889. The van der Waals surface area contributed by atoms with Gasteiger partial charge in [0.1, 0.15) is 12.6 Å². The Kier molecular flexibility index (Phi) is 3.93. The van der Waals surface area contributed by atoms with Crippen LogP contribution in [0.15, 0.2) is 47.1 Å². The zero-order valence-corrected chi connectivity index (χ0v) is 12.3. The van der Waals surface area contributed by atoms with E-state index in [4.69, 9.17) is 4.42 Å². The van der Waals surface area contributed by atoms with Crippen LogP contribution < -0.4 is 15.5 Å². The highest BCUT2D eigenvalue weighted by atomic mass is 16.3. The fraction of sp³-hybridized carbons (Fsp3) is 0.250. The van der Waals surface area contributed by atoms with Crippen molar-refractivity contribution in [3.05, 3.63) is 48.4 Å². The Bertz CT molecular complexity index is 682. The van der Waals surface area contributed by atoms with E-state index < -0.39 is 0 Å². The number of para-hydroxylation sites is 2. The molecule has 1 aliphatic heterocycles. The van der Waals surface area contributed by atoms with Gasteiger partial charge in [0.2, 0.25) is 5.91 Å². The van der Waals surface area contributed by atoms with Crippen LogP contribution in [-0.4, -0.2) is 24.9 Å². The van der Waals surface area contributed by atoms with Crippen LogP contribution in [0.4, 0.5) is 11.4 Å². The molecule has 3 N–H and O–H groups in total. The third-order valence-electron chi connectivity index (χ3n) is 3.71. The van der Waals surface area contributed by atoms with Gasteiger partial charge in [0.15, 0.2) is 12.3 Å². The van der Waals surface area contributed by atoms with Gasteiger partial charge in [-0.1, -0.05) is 12.1 Å². The van der Waals surface area contributed by atoms with Crippen LogP contribution in [0.3, 0.4) is 0 Å². The Balaban J connectivity index is 1.69. The van der Waals surface area contributed by atoms with Crippen LogP contribution in [0.2, 0.25) is 0 Å². The molecular formula is C16H18N3O3+. The number of nitrogens with zero attached hydrogens (tertiary/aromatic N) is 1. The van der Waals surface area contributed by atoms with E-state index in [0.717, 1.165) is 11.4 Å². The molecule has 0 aliphatic carbocycles. The SMILES string of the molecule is C[C@@H]([NH2+]CC(=O)N1CC(=O)Nc2ccccc21)c1ccco1. The number of hydrogen-bond acceptors (Lipinski definition) is 3. The lowest BCUT2D eigenvalue weighted by atomic mass is 10.2. The molecule has 1 aromatic heterocycles. The third kappa shape index (κ3) is 2.87. The summed E-state index contributed by atoms with van der Waals surface area (Å²) in [4.78, 5) is 25.7. The van der Waals surface area contributed by atoms with E-state index in [1.807, 2.05) is 42.6 Å². The van der Waals surface area contributed by atoms with Gasteiger partial charge in [-0.3, -0.25) is 14.5 Å². The van der Waals surface area contributed by atoms with Gasteiger partial charge in [-0.2, -0.15) is 0 Å². The lowest BCUT2D eigenvalue weighted by molar-refractivity contribution is -0.684. The zero-order valence-electron chi connectivity index (χ0n) is 12.3. The van der Waals surface area contributed by atoms with Gasteiger partial charge in [0.05, 0.1) is 17.6 Å². The molecule has 6 nitrogen and oxygen atoms in total. The number of anilines is 2. The summed E-state index contributed by atoms with van der Waals surface area (Å²) in [5.74, 6) is 0.552. The van der Waals surface area contributed by atoms with Gasteiger partial charge in [-0.15, -0.1) is 0 Å². The van der Waals surface area contributed by atoms with Crippen LogP contribution in [-0.2, 0) is 9.59 Å². The smallest absolute Gasteiger partial charge is 0.282 e. The molecule has 1 aromatic carbocycles. The van der Waals surface area contributed by atoms with Crippen molar-refractivity contribution in [2.75, 3.05) is 23.3 Å². The first kappa shape index (κ1) is 14.3. The lowest BCUT2D eigenvalue weighted by Gasteiger charge is -2.28. The number of rotatable bonds is 4. The van der Waals surface area contributed by atoms with Crippen molar-refractivity contribution < 1.29 is 19.3 Å². The first-order valence-corrected chi connectivity index (χ1v) is 7.21. The fourth-order valence-electron chi connectivity index (χ4n) is 2.51. The van der Waals surface area contributed by atoms with Gasteiger partial charge in [0.25, 0.3) is 5.91 Å². The van der Waals surface area contributed by atoms with E-state index in [0.29, 0.717) is 5.69 Å². The number of hydrogen-bond donors (Lipinski definition) is 2.